The first-order valence-electron chi connectivity index (χ1n) is 18.7. The first-order chi connectivity index (χ1) is 30.7. The van der Waals surface area contributed by atoms with E-state index >= 15 is 0 Å². The van der Waals surface area contributed by atoms with Crippen LogP contribution in [0.5, 0.6) is 11.5 Å². The molecule has 4 aromatic carbocycles. The van der Waals surface area contributed by atoms with Crippen molar-refractivity contribution in [1.29, 1.82) is 0 Å². The Labute approximate surface area is 373 Å². The number of fused-ring (bicyclic) bond motifs is 4. The van der Waals surface area contributed by atoms with E-state index in [1.807, 2.05) is 12.1 Å². The Morgan fingerprint density at radius 1 is 0.635 bits per heavy atom. The quantitative estimate of drug-likeness (QED) is 0.0984. The van der Waals surface area contributed by atoms with Gasteiger partial charge < -0.3 is 19.4 Å². The van der Waals surface area contributed by atoms with Crippen LogP contribution in [0, 0.1) is 5.82 Å². The van der Waals surface area contributed by atoms with E-state index in [0.29, 0.717) is 88.1 Å². The summed E-state index contributed by atoms with van der Waals surface area (Å²) in [6.45, 7) is 0. The minimum atomic E-state index is -0.625. The van der Waals surface area contributed by atoms with Crippen molar-refractivity contribution in [3.8, 4) is 22.9 Å². The first-order valence-corrected chi connectivity index (χ1v) is 21.4. The maximum absolute atomic E-state index is 14.4. The van der Waals surface area contributed by atoms with Crippen molar-refractivity contribution >= 4 is 90.9 Å². The summed E-state index contributed by atoms with van der Waals surface area (Å²) < 4.78 is 28.1. The molecule has 21 heteroatoms. The first kappa shape index (κ1) is 41.4. The van der Waals surface area contributed by atoms with E-state index in [0.717, 1.165) is 5.52 Å². The number of thioether (sulfide) groups is 2. The van der Waals surface area contributed by atoms with Gasteiger partial charge in [0.25, 0.3) is 11.1 Å². The maximum Gasteiger partial charge on any atom is 0.269 e. The van der Waals surface area contributed by atoms with Crippen LogP contribution in [0.3, 0.4) is 0 Å². The summed E-state index contributed by atoms with van der Waals surface area (Å²) in [5.74, 6) is 1.86. The number of imidazole rings is 2. The van der Waals surface area contributed by atoms with E-state index in [2.05, 4.69) is 44.9 Å². The molecule has 0 atom stereocenters. The van der Waals surface area contributed by atoms with Crippen molar-refractivity contribution in [2.45, 2.75) is 21.6 Å². The molecule has 0 amide bonds. The fourth-order valence-electron chi connectivity index (χ4n) is 6.72. The van der Waals surface area contributed by atoms with Gasteiger partial charge in [0.05, 0.1) is 76.2 Å². The second-order valence-corrected chi connectivity index (χ2v) is 16.0. The lowest BCUT2D eigenvalue weighted by atomic mass is 10.2. The number of H-pyrrole nitrogens is 2. The fourth-order valence-corrected chi connectivity index (χ4v) is 8.91. The van der Waals surface area contributed by atoms with Crippen LogP contribution in [0.4, 0.5) is 4.39 Å². The molecule has 6 heterocycles. The lowest BCUT2D eigenvalue weighted by Gasteiger charge is -2.16. The zero-order chi connectivity index (χ0) is 43.6. The number of aromatic amines is 2. The number of aromatic nitrogens is 12. The number of rotatable bonds is 10. The van der Waals surface area contributed by atoms with Crippen molar-refractivity contribution in [2.24, 2.45) is 0 Å². The molecule has 63 heavy (non-hydrogen) atoms. The second-order valence-electron chi connectivity index (χ2n) is 13.2. The minimum Gasteiger partial charge on any atom is -0.493 e. The molecular formula is C42H29Cl2FN12O4S2. The molecule has 0 aliphatic carbocycles. The van der Waals surface area contributed by atoms with Crippen molar-refractivity contribution < 1.29 is 13.9 Å². The summed E-state index contributed by atoms with van der Waals surface area (Å²) in [6.07, 6.45) is 5.99. The highest BCUT2D eigenvalue weighted by atomic mass is 35.5. The van der Waals surface area contributed by atoms with Gasteiger partial charge in [-0.15, -0.1) is 0 Å². The molecular weight excluding hydrogens is 891 g/mol. The number of benzene rings is 4. The largest absolute Gasteiger partial charge is 0.493 e. The topological polar surface area (TPSA) is 197 Å². The van der Waals surface area contributed by atoms with Crippen molar-refractivity contribution in [1.82, 2.24) is 59.0 Å². The molecule has 0 bridgehead atoms. The van der Waals surface area contributed by atoms with E-state index < -0.39 is 11.4 Å². The molecule has 0 spiro atoms. The normalized spacial score (nSPS) is 11.3. The number of nitrogens with zero attached hydrogens (tertiary/aromatic N) is 10. The van der Waals surface area contributed by atoms with E-state index in [9.17, 15) is 14.0 Å². The molecule has 10 rings (SSSR count). The van der Waals surface area contributed by atoms with Gasteiger partial charge in [-0.25, -0.2) is 44.3 Å². The summed E-state index contributed by atoms with van der Waals surface area (Å²) in [6, 6.07) is 21.7. The van der Waals surface area contributed by atoms with Gasteiger partial charge in [0, 0.05) is 6.07 Å². The van der Waals surface area contributed by atoms with Gasteiger partial charge in [0.2, 0.25) is 0 Å². The highest BCUT2D eigenvalue weighted by molar-refractivity contribution is 7.98. The zero-order valence-corrected chi connectivity index (χ0v) is 35.9. The molecule has 0 saturated carbocycles. The van der Waals surface area contributed by atoms with Crippen molar-refractivity contribution in [3.63, 3.8) is 0 Å². The van der Waals surface area contributed by atoms with Gasteiger partial charge in [-0.3, -0.25) is 18.7 Å². The van der Waals surface area contributed by atoms with Crippen LogP contribution in [0.2, 0.25) is 10.0 Å². The van der Waals surface area contributed by atoms with Crippen LogP contribution >= 0.6 is 46.7 Å². The van der Waals surface area contributed by atoms with E-state index in [1.54, 1.807) is 67.3 Å². The van der Waals surface area contributed by atoms with Crippen LogP contribution in [-0.4, -0.2) is 73.2 Å². The molecule has 10 aromatic rings. The number of para-hydroxylation sites is 2. The van der Waals surface area contributed by atoms with Crippen LogP contribution in [0.1, 0.15) is 11.6 Å². The Morgan fingerprint density at radius 2 is 1.16 bits per heavy atom. The second kappa shape index (κ2) is 17.8. The molecule has 314 valence electrons. The molecule has 16 nitrogen and oxygen atoms in total. The SMILES string of the molecule is COc1cc2nc(CSc3ncnc4nc[nH]c34)n(-c3ccccc3Cl)c(=O)c2cc1OC.O=c1c2c(F)cccc2nc(CSc2ncnc3nc[nH]c23)n1-c1ccccc1Cl. The van der Waals surface area contributed by atoms with Gasteiger partial charge in [0.1, 0.15) is 56.6 Å². The van der Waals surface area contributed by atoms with E-state index in [1.165, 1.54) is 71.7 Å². The van der Waals surface area contributed by atoms with E-state index in [-0.39, 0.29) is 22.2 Å². The number of hydrogen-bond donors (Lipinski definition) is 2. The standard InChI is InChI=1S/C22H17ClN6O3S.C20H12ClFN6OS/c1-31-16-7-12-14(8-17(16)32-2)28-18(29(22(12)30)15-6-4-3-5-13(15)23)9-33-21-19-20(25-10-24-19)26-11-27-21;21-11-4-1-2-7-14(11)28-15(27-13-6-3-5-12(22)16(13)20(28)29)8-30-19-17-18(24-9-23-17)25-10-26-19/h3-8,10-11H,9H2,1-2H3,(H,24,25,26,27);1-7,9-10H,8H2,(H,23,24,25,26). The maximum atomic E-state index is 14.4. The molecule has 0 aliphatic heterocycles. The molecule has 0 fully saturated rings. The molecule has 0 unspecified atom stereocenters. The molecule has 0 radical (unpaired) electrons. The third-order valence-electron chi connectivity index (χ3n) is 9.60. The summed E-state index contributed by atoms with van der Waals surface area (Å²) in [4.78, 5) is 67.6. The molecule has 6 aromatic heterocycles. The van der Waals surface area contributed by atoms with Gasteiger partial charge in [-0.2, -0.15) is 0 Å². The summed E-state index contributed by atoms with van der Waals surface area (Å²) in [5, 5.41) is 2.47. The van der Waals surface area contributed by atoms with Crippen LogP contribution < -0.4 is 20.6 Å². The molecule has 2 N–H and O–H groups in total. The van der Waals surface area contributed by atoms with E-state index in [4.69, 9.17) is 37.7 Å². The third kappa shape index (κ3) is 8.02. The Morgan fingerprint density at radius 3 is 1.71 bits per heavy atom. The summed E-state index contributed by atoms with van der Waals surface area (Å²) in [7, 11) is 3.06. The Hall–Kier alpha value is -6.93. The van der Waals surface area contributed by atoms with Gasteiger partial charge in [-0.05, 0) is 42.5 Å². The lowest BCUT2D eigenvalue weighted by Crippen LogP contribution is -2.24. The highest BCUT2D eigenvalue weighted by Gasteiger charge is 2.21. The van der Waals surface area contributed by atoms with Gasteiger partial charge in [0.15, 0.2) is 22.8 Å². The average Bonchev–Trinajstić information content (AvgIpc) is 4.00. The average molecular weight is 920 g/mol. The van der Waals surface area contributed by atoms with Crippen molar-refractivity contribution in [3.05, 3.63) is 152 Å². The summed E-state index contributed by atoms with van der Waals surface area (Å²) in [5.41, 5.74) is 3.51. The van der Waals surface area contributed by atoms with Gasteiger partial charge in [-0.1, -0.05) is 77.1 Å². The zero-order valence-electron chi connectivity index (χ0n) is 32.8. The minimum absolute atomic E-state index is 0.0795. The monoisotopic (exact) mass is 918 g/mol. The smallest absolute Gasteiger partial charge is 0.269 e. The molecule has 0 saturated heterocycles. The number of halogens is 3. The van der Waals surface area contributed by atoms with Crippen LogP contribution in [0.25, 0.3) is 55.5 Å². The number of methoxy groups -OCH3 is 2. The third-order valence-corrected chi connectivity index (χ3v) is 12.2. The van der Waals surface area contributed by atoms with Crippen molar-refractivity contribution in [2.75, 3.05) is 14.2 Å². The van der Waals surface area contributed by atoms with Gasteiger partial charge >= 0.3 is 0 Å². The van der Waals surface area contributed by atoms with Crippen LogP contribution in [0.15, 0.2) is 124 Å². The fraction of sp³-hybridized carbons (Fsp3) is 0.0952. The number of ether oxygens (including phenoxy) is 2. The predicted octanol–water partition coefficient (Wildman–Crippen LogP) is 8.15. The highest BCUT2D eigenvalue weighted by Crippen LogP contribution is 2.33. The van der Waals surface area contributed by atoms with Crippen LogP contribution in [-0.2, 0) is 11.5 Å². The Bertz CT molecular complexity index is 3480. The Balaban J connectivity index is 0.000000161. The molecule has 0 aliphatic rings. The number of hydrogen-bond acceptors (Lipinski definition) is 14. The summed E-state index contributed by atoms with van der Waals surface area (Å²) >= 11 is 15.6. The predicted molar refractivity (Wildman–Crippen MR) is 240 cm³/mol. The Kier molecular flexibility index (Phi) is 11.7. The lowest BCUT2D eigenvalue weighted by molar-refractivity contribution is 0.355. The number of nitrogens with one attached hydrogen (secondary N) is 2.